The van der Waals surface area contributed by atoms with E-state index in [1.165, 1.54) is 18.2 Å². The molecule has 2 aromatic rings. The van der Waals surface area contributed by atoms with Crippen LogP contribution in [-0.2, 0) is 6.18 Å². The molecular formula is C15H12F5N3O. The molecule has 128 valence electrons. The third-order valence-corrected chi connectivity index (χ3v) is 4.71. The van der Waals surface area contributed by atoms with Crippen molar-refractivity contribution in [3.05, 3.63) is 35.7 Å². The molecule has 1 aliphatic carbocycles. The van der Waals surface area contributed by atoms with Gasteiger partial charge in [-0.1, -0.05) is 23.4 Å². The molecule has 1 saturated heterocycles. The lowest BCUT2D eigenvalue weighted by Gasteiger charge is -2.09. The van der Waals surface area contributed by atoms with Crippen molar-refractivity contribution in [1.29, 1.82) is 0 Å². The number of nitrogens with zero attached hydrogens (tertiary/aromatic N) is 2. The van der Waals surface area contributed by atoms with E-state index in [0.717, 1.165) is 6.07 Å². The van der Waals surface area contributed by atoms with Crippen LogP contribution < -0.4 is 5.32 Å². The number of halogens is 5. The van der Waals surface area contributed by atoms with Crippen molar-refractivity contribution in [2.75, 3.05) is 6.54 Å². The smallest absolute Gasteiger partial charge is 0.337 e. The van der Waals surface area contributed by atoms with E-state index >= 15 is 0 Å². The van der Waals surface area contributed by atoms with Gasteiger partial charge in [-0.05, 0) is 12.5 Å². The fourth-order valence-electron chi connectivity index (χ4n) is 3.23. The van der Waals surface area contributed by atoms with Crippen molar-refractivity contribution in [2.24, 2.45) is 5.41 Å². The molecule has 2 aliphatic rings. The predicted octanol–water partition coefficient (Wildman–Crippen LogP) is 3.82. The molecule has 2 unspecified atom stereocenters. The highest BCUT2D eigenvalue weighted by atomic mass is 19.4. The molecule has 1 aliphatic heterocycles. The summed E-state index contributed by atoms with van der Waals surface area (Å²) >= 11 is 0. The number of alkyl halides is 5. The van der Waals surface area contributed by atoms with Gasteiger partial charge in [-0.15, -0.1) is 0 Å². The summed E-state index contributed by atoms with van der Waals surface area (Å²) in [5.41, 5.74) is -2.16. The van der Waals surface area contributed by atoms with Crippen LogP contribution in [0.5, 0.6) is 0 Å². The average molecular weight is 345 g/mol. The topological polar surface area (TPSA) is 51.0 Å². The highest BCUT2D eigenvalue weighted by Crippen LogP contribution is 2.66. The number of benzene rings is 1. The van der Waals surface area contributed by atoms with E-state index in [2.05, 4.69) is 15.5 Å². The van der Waals surface area contributed by atoms with Crippen LogP contribution in [0.15, 0.2) is 28.8 Å². The van der Waals surface area contributed by atoms with Crippen LogP contribution in [0.3, 0.4) is 0 Å². The number of hydrogen-bond donors (Lipinski definition) is 1. The number of hydrogen-bond acceptors (Lipinski definition) is 4. The van der Waals surface area contributed by atoms with Crippen molar-refractivity contribution in [3.63, 3.8) is 0 Å². The van der Waals surface area contributed by atoms with Crippen LogP contribution in [0.2, 0.25) is 0 Å². The Balaban J connectivity index is 1.61. The van der Waals surface area contributed by atoms with Gasteiger partial charge in [0.25, 0.3) is 5.92 Å². The van der Waals surface area contributed by atoms with Crippen LogP contribution in [0, 0.1) is 5.41 Å². The van der Waals surface area contributed by atoms with E-state index in [9.17, 15) is 22.0 Å². The minimum atomic E-state index is -4.55. The molecule has 1 saturated carbocycles. The maximum absolute atomic E-state index is 13.4. The summed E-state index contributed by atoms with van der Waals surface area (Å²) in [5, 5.41) is 6.49. The van der Waals surface area contributed by atoms with E-state index in [0.29, 0.717) is 0 Å². The summed E-state index contributed by atoms with van der Waals surface area (Å²) < 4.78 is 71.0. The standard InChI is InChI=1S/C15H12F5N3O/c16-14(17)6-13(14)5-10(21-7-13)12-22-11(23-24-12)8-3-1-2-4-9(8)15(18,19)20/h1-4,10,21H,5-7H2. The Kier molecular flexibility index (Phi) is 3.07. The molecule has 2 fully saturated rings. The molecule has 1 N–H and O–H groups in total. The normalized spacial score (nSPS) is 28.5. The summed E-state index contributed by atoms with van der Waals surface area (Å²) in [4.78, 5) is 3.99. The lowest BCUT2D eigenvalue weighted by molar-refractivity contribution is -0.137. The van der Waals surface area contributed by atoms with Crippen molar-refractivity contribution < 1.29 is 26.5 Å². The number of rotatable bonds is 2. The third-order valence-electron chi connectivity index (χ3n) is 4.71. The maximum Gasteiger partial charge on any atom is 0.417 e. The monoisotopic (exact) mass is 345 g/mol. The predicted molar refractivity (Wildman–Crippen MR) is 72.1 cm³/mol. The van der Waals surface area contributed by atoms with Gasteiger partial charge in [0.15, 0.2) is 0 Å². The number of aromatic nitrogens is 2. The zero-order valence-corrected chi connectivity index (χ0v) is 12.2. The molecule has 4 nitrogen and oxygen atoms in total. The summed E-state index contributed by atoms with van der Waals surface area (Å²) in [6, 6.07) is 4.31. The second-order valence-electron chi connectivity index (χ2n) is 6.30. The van der Waals surface area contributed by atoms with Crippen molar-refractivity contribution >= 4 is 0 Å². The third kappa shape index (κ3) is 2.29. The van der Waals surface area contributed by atoms with Gasteiger partial charge in [0.05, 0.1) is 17.0 Å². The Labute approximate surface area is 133 Å². The molecule has 0 amide bonds. The van der Waals surface area contributed by atoms with E-state index < -0.39 is 29.1 Å². The highest BCUT2D eigenvalue weighted by Gasteiger charge is 2.73. The van der Waals surface area contributed by atoms with E-state index in [1.807, 2.05) is 0 Å². The SMILES string of the molecule is FC(F)(F)c1ccccc1-c1noc(C2CC3(CN2)CC3(F)F)n1. The molecular weight excluding hydrogens is 333 g/mol. The van der Waals surface area contributed by atoms with Crippen molar-refractivity contribution in [1.82, 2.24) is 15.5 Å². The Morgan fingerprint density at radius 1 is 1.21 bits per heavy atom. The second-order valence-corrected chi connectivity index (χ2v) is 6.30. The highest BCUT2D eigenvalue weighted by molar-refractivity contribution is 5.60. The van der Waals surface area contributed by atoms with Crippen molar-refractivity contribution in [3.8, 4) is 11.4 Å². The van der Waals surface area contributed by atoms with Crippen molar-refractivity contribution in [2.45, 2.75) is 31.0 Å². The Morgan fingerprint density at radius 2 is 1.92 bits per heavy atom. The Bertz CT molecular complexity index is 787. The Hall–Kier alpha value is -2.03. The van der Waals surface area contributed by atoms with Crippen LogP contribution in [0.25, 0.3) is 11.4 Å². The fourth-order valence-corrected chi connectivity index (χ4v) is 3.23. The minimum Gasteiger partial charge on any atom is -0.337 e. The molecule has 2 atom stereocenters. The van der Waals surface area contributed by atoms with Crippen LogP contribution >= 0.6 is 0 Å². The molecule has 9 heteroatoms. The first-order valence-electron chi connectivity index (χ1n) is 7.33. The molecule has 24 heavy (non-hydrogen) atoms. The Morgan fingerprint density at radius 3 is 2.54 bits per heavy atom. The van der Waals surface area contributed by atoms with Gasteiger partial charge >= 0.3 is 6.18 Å². The molecule has 1 spiro atoms. The summed E-state index contributed by atoms with van der Waals surface area (Å²) in [7, 11) is 0. The quantitative estimate of drug-likeness (QED) is 0.841. The van der Waals surface area contributed by atoms with E-state index in [4.69, 9.17) is 4.52 Å². The molecule has 1 aromatic heterocycles. The molecule has 2 heterocycles. The van der Waals surface area contributed by atoms with Crippen LogP contribution in [0.4, 0.5) is 22.0 Å². The molecule has 0 radical (unpaired) electrons. The van der Waals surface area contributed by atoms with Gasteiger partial charge in [0, 0.05) is 18.5 Å². The van der Waals surface area contributed by atoms with Crippen LogP contribution in [0.1, 0.15) is 30.3 Å². The van der Waals surface area contributed by atoms with Gasteiger partial charge in [-0.25, -0.2) is 8.78 Å². The number of nitrogens with one attached hydrogen (secondary N) is 1. The van der Waals surface area contributed by atoms with E-state index in [1.54, 1.807) is 0 Å². The maximum atomic E-state index is 13.4. The zero-order chi connectivity index (χ0) is 17.2. The molecule has 0 bridgehead atoms. The zero-order valence-electron chi connectivity index (χ0n) is 12.2. The first-order valence-corrected chi connectivity index (χ1v) is 7.33. The lowest BCUT2D eigenvalue weighted by Crippen LogP contribution is -2.16. The van der Waals surface area contributed by atoms with Crippen LogP contribution in [-0.4, -0.2) is 22.6 Å². The van der Waals surface area contributed by atoms with Gasteiger partial charge < -0.3 is 9.84 Å². The summed E-state index contributed by atoms with van der Waals surface area (Å²) in [5.74, 6) is -2.88. The fraction of sp³-hybridized carbons (Fsp3) is 0.467. The summed E-state index contributed by atoms with van der Waals surface area (Å²) in [6.45, 7) is 0.127. The first kappa shape index (κ1) is 15.5. The first-order chi connectivity index (χ1) is 11.2. The van der Waals surface area contributed by atoms with Gasteiger partial charge in [-0.3, -0.25) is 0 Å². The van der Waals surface area contributed by atoms with Gasteiger partial charge in [-0.2, -0.15) is 18.2 Å². The molecule has 1 aromatic carbocycles. The second kappa shape index (κ2) is 4.75. The lowest BCUT2D eigenvalue weighted by atomic mass is 10.0. The minimum absolute atomic E-state index is 0.0292. The van der Waals surface area contributed by atoms with Gasteiger partial charge in [0.1, 0.15) is 0 Å². The largest absolute Gasteiger partial charge is 0.417 e. The van der Waals surface area contributed by atoms with Gasteiger partial charge in [0.2, 0.25) is 11.7 Å². The summed E-state index contributed by atoms with van der Waals surface area (Å²) in [6.07, 6.45) is -4.62. The molecule has 4 rings (SSSR count). The van der Waals surface area contributed by atoms with E-state index in [-0.39, 0.29) is 36.7 Å². The average Bonchev–Trinajstić information content (AvgIpc) is 2.95.